The van der Waals surface area contributed by atoms with Crippen LogP contribution < -0.4 is 5.73 Å². The summed E-state index contributed by atoms with van der Waals surface area (Å²) >= 11 is 0. The summed E-state index contributed by atoms with van der Waals surface area (Å²) in [6.45, 7) is 7.67. The first-order chi connectivity index (χ1) is 9.61. The van der Waals surface area contributed by atoms with Crippen molar-refractivity contribution in [1.82, 2.24) is 4.90 Å². The Morgan fingerprint density at radius 3 is 2.65 bits per heavy atom. The van der Waals surface area contributed by atoms with Gasteiger partial charge in [-0.2, -0.15) is 0 Å². The quantitative estimate of drug-likeness (QED) is 0.922. The number of likely N-dealkylation sites (tertiary alicyclic amines) is 1. The van der Waals surface area contributed by atoms with Gasteiger partial charge < -0.3 is 5.73 Å². The molecule has 2 atom stereocenters. The number of benzene rings is 2. The van der Waals surface area contributed by atoms with E-state index in [1.165, 1.54) is 22.8 Å². The zero-order valence-corrected chi connectivity index (χ0v) is 12.5. The van der Waals surface area contributed by atoms with Crippen LogP contribution in [0.3, 0.4) is 0 Å². The van der Waals surface area contributed by atoms with Crippen molar-refractivity contribution in [2.75, 3.05) is 19.6 Å². The van der Waals surface area contributed by atoms with Crippen LogP contribution in [0.25, 0.3) is 10.8 Å². The summed E-state index contributed by atoms with van der Waals surface area (Å²) in [7, 11) is 0. The first-order valence-corrected chi connectivity index (χ1v) is 7.54. The van der Waals surface area contributed by atoms with E-state index < -0.39 is 0 Å². The highest BCUT2D eigenvalue weighted by atomic mass is 15.2. The molecule has 1 saturated heterocycles. The summed E-state index contributed by atoms with van der Waals surface area (Å²) in [5.41, 5.74) is 7.62. The van der Waals surface area contributed by atoms with Crippen LogP contribution in [0.15, 0.2) is 42.5 Å². The number of hydrogen-bond donors (Lipinski definition) is 1. The molecule has 0 spiro atoms. The van der Waals surface area contributed by atoms with Gasteiger partial charge in [-0.1, -0.05) is 43.3 Å². The predicted octanol–water partition coefficient (Wildman–Crippen LogP) is 3.57. The normalized spacial score (nSPS) is 25.1. The number of fused-ring (bicyclic) bond motifs is 1. The van der Waals surface area contributed by atoms with Crippen LogP contribution >= 0.6 is 0 Å². The lowest BCUT2D eigenvalue weighted by Gasteiger charge is -2.27. The van der Waals surface area contributed by atoms with Crippen molar-refractivity contribution in [1.29, 1.82) is 0 Å². The molecule has 0 aromatic heterocycles. The highest BCUT2D eigenvalue weighted by Crippen LogP contribution is 2.34. The Hall–Kier alpha value is -1.38. The summed E-state index contributed by atoms with van der Waals surface area (Å²) in [6.07, 6.45) is 1.21. The van der Waals surface area contributed by atoms with Crippen molar-refractivity contribution in [3.8, 4) is 0 Å². The number of rotatable bonds is 3. The van der Waals surface area contributed by atoms with Gasteiger partial charge in [-0.25, -0.2) is 0 Å². The third-order valence-electron chi connectivity index (χ3n) is 4.88. The molecule has 0 radical (unpaired) electrons. The van der Waals surface area contributed by atoms with Crippen LogP contribution in [0.1, 0.15) is 31.9 Å². The minimum absolute atomic E-state index is 0.297. The molecule has 0 bridgehead atoms. The minimum atomic E-state index is 0.297. The molecule has 0 aliphatic carbocycles. The fourth-order valence-electron chi connectivity index (χ4n) is 3.24. The number of nitrogens with zero attached hydrogens (tertiary/aromatic N) is 1. The summed E-state index contributed by atoms with van der Waals surface area (Å²) in [4.78, 5) is 2.57. The molecule has 1 aliphatic heterocycles. The summed E-state index contributed by atoms with van der Waals surface area (Å²) in [5, 5.41) is 2.65. The standard InChI is InChI=1S/C18H24N2/c1-14(20-10-9-18(2,12-19)13-20)16-8-7-15-5-3-4-6-17(15)11-16/h3-8,11,14H,9-10,12-13,19H2,1-2H3. The molecular weight excluding hydrogens is 244 g/mol. The number of nitrogens with two attached hydrogens (primary N) is 1. The lowest BCUT2D eigenvalue weighted by molar-refractivity contribution is 0.227. The van der Waals surface area contributed by atoms with Gasteiger partial charge in [0.1, 0.15) is 0 Å². The monoisotopic (exact) mass is 268 g/mol. The highest BCUT2D eigenvalue weighted by molar-refractivity contribution is 5.83. The molecule has 2 nitrogen and oxygen atoms in total. The Kier molecular flexibility index (Phi) is 3.53. The average Bonchev–Trinajstić information content (AvgIpc) is 2.89. The molecule has 3 rings (SSSR count). The van der Waals surface area contributed by atoms with E-state index >= 15 is 0 Å². The van der Waals surface area contributed by atoms with Gasteiger partial charge in [0, 0.05) is 12.6 Å². The molecule has 2 unspecified atom stereocenters. The Balaban J connectivity index is 1.84. The van der Waals surface area contributed by atoms with Crippen molar-refractivity contribution in [2.24, 2.45) is 11.1 Å². The molecule has 2 aromatic carbocycles. The van der Waals surface area contributed by atoms with Crippen LogP contribution in [0.2, 0.25) is 0 Å². The van der Waals surface area contributed by atoms with Crippen LogP contribution in [-0.2, 0) is 0 Å². The Morgan fingerprint density at radius 1 is 1.20 bits per heavy atom. The molecule has 0 saturated carbocycles. The lowest BCUT2D eigenvalue weighted by atomic mass is 9.90. The van der Waals surface area contributed by atoms with Crippen molar-refractivity contribution < 1.29 is 0 Å². The van der Waals surface area contributed by atoms with Gasteiger partial charge in [0.15, 0.2) is 0 Å². The first-order valence-electron chi connectivity index (χ1n) is 7.54. The van der Waals surface area contributed by atoms with E-state index in [1.54, 1.807) is 0 Å². The van der Waals surface area contributed by atoms with E-state index in [0.717, 1.165) is 19.6 Å². The van der Waals surface area contributed by atoms with Gasteiger partial charge in [-0.3, -0.25) is 4.90 Å². The first kappa shape index (κ1) is 13.6. The third kappa shape index (κ3) is 2.46. The Morgan fingerprint density at radius 2 is 1.95 bits per heavy atom. The van der Waals surface area contributed by atoms with Crippen molar-refractivity contribution >= 4 is 10.8 Å². The van der Waals surface area contributed by atoms with E-state index in [-0.39, 0.29) is 0 Å². The van der Waals surface area contributed by atoms with Crippen LogP contribution in [0.4, 0.5) is 0 Å². The minimum Gasteiger partial charge on any atom is -0.330 e. The molecule has 1 fully saturated rings. The van der Waals surface area contributed by atoms with Gasteiger partial charge in [-0.05, 0) is 54.3 Å². The summed E-state index contributed by atoms with van der Waals surface area (Å²) in [6, 6.07) is 15.9. The molecular formula is C18H24N2. The van der Waals surface area contributed by atoms with Crippen LogP contribution in [0.5, 0.6) is 0 Å². The average molecular weight is 268 g/mol. The van der Waals surface area contributed by atoms with Crippen LogP contribution in [-0.4, -0.2) is 24.5 Å². The SMILES string of the molecule is CC(c1ccc2ccccc2c1)N1CCC(C)(CN)C1. The molecule has 0 amide bonds. The largest absolute Gasteiger partial charge is 0.330 e. The predicted molar refractivity (Wildman–Crippen MR) is 85.7 cm³/mol. The second-order valence-electron chi connectivity index (χ2n) is 6.52. The van der Waals surface area contributed by atoms with E-state index in [2.05, 4.69) is 61.2 Å². The van der Waals surface area contributed by atoms with Gasteiger partial charge in [0.05, 0.1) is 0 Å². The van der Waals surface area contributed by atoms with E-state index in [1.807, 2.05) is 0 Å². The third-order valence-corrected chi connectivity index (χ3v) is 4.88. The van der Waals surface area contributed by atoms with Gasteiger partial charge in [-0.15, -0.1) is 0 Å². The zero-order valence-electron chi connectivity index (χ0n) is 12.5. The van der Waals surface area contributed by atoms with Crippen molar-refractivity contribution in [3.63, 3.8) is 0 Å². The second-order valence-corrected chi connectivity index (χ2v) is 6.52. The molecule has 2 N–H and O–H groups in total. The maximum atomic E-state index is 5.92. The fourth-order valence-corrected chi connectivity index (χ4v) is 3.24. The topological polar surface area (TPSA) is 29.3 Å². The van der Waals surface area contributed by atoms with Crippen molar-refractivity contribution in [3.05, 3.63) is 48.0 Å². The number of hydrogen-bond acceptors (Lipinski definition) is 2. The highest BCUT2D eigenvalue weighted by Gasteiger charge is 2.34. The second kappa shape index (κ2) is 5.19. The van der Waals surface area contributed by atoms with E-state index in [0.29, 0.717) is 11.5 Å². The van der Waals surface area contributed by atoms with Gasteiger partial charge >= 0.3 is 0 Å². The van der Waals surface area contributed by atoms with Crippen molar-refractivity contribution in [2.45, 2.75) is 26.3 Å². The van der Waals surface area contributed by atoms with Gasteiger partial charge in [0.25, 0.3) is 0 Å². The zero-order chi connectivity index (χ0) is 14.2. The van der Waals surface area contributed by atoms with E-state index in [9.17, 15) is 0 Å². The smallest absolute Gasteiger partial charge is 0.0320 e. The van der Waals surface area contributed by atoms with Gasteiger partial charge in [0.2, 0.25) is 0 Å². The Bertz CT molecular complexity index is 607. The molecule has 2 heteroatoms. The summed E-state index contributed by atoms with van der Waals surface area (Å²) < 4.78 is 0. The summed E-state index contributed by atoms with van der Waals surface area (Å²) in [5.74, 6) is 0. The maximum Gasteiger partial charge on any atom is 0.0320 e. The molecule has 1 aliphatic rings. The molecule has 106 valence electrons. The lowest BCUT2D eigenvalue weighted by Crippen LogP contribution is -2.32. The van der Waals surface area contributed by atoms with E-state index in [4.69, 9.17) is 5.73 Å². The fraction of sp³-hybridized carbons (Fsp3) is 0.444. The Labute approximate surface area is 121 Å². The molecule has 20 heavy (non-hydrogen) atoms. The molecule has 1 heterocycles. The maximum absolute atomic E-state index is 5.92. The van der Waals surface area contributed by atoms with Crippen LogP contribution in [0, 0.1) is 5.41 Å². The molecule has 2 aromatic rings.